The summed E-state index contributed by atoms with van der Waals surface area (Å²) in [4.78, 5) is 54.3. The molecule has 336 valence electrons. The van der Waals surface area contributed by atoms with E-state index in [4.69, 9.17) is 38.1 Å². The van der Waals surface area contributed by atoms with Crippen molar-refractivity contribution in [3.63, 3.8) is 0 Å². The van der Waals surface area contributed by atoms with E-state index in [-0.39, 0.29) is 37.6 Å². The number of aromatic nitrogens is 1. The van der Waals surface area contributed by atoms with Gasteiger partial charge < -0.3 is 38.5 Å². The van der Waals surface area contributed by atoms with Gasteiger partial charge in [0.05, 0.1) is 41.2 Å². The Kier molecular flexibility index (Phi) is 18.2. The number of hydrogen-bond donors (Lipinski definition) is 1. The lowest BCUT2D eigenvalue weighted by Gasteiger charge is -2.21. The summed E-state index contributed by atoms with van der Waals surface area (Å²) in [5.74, 6) is -0.738. The van der Waals surface area contributed by atoms with Gasteiger partial charge in [0.2, 0.25) is 0 Å². The van der Waals surface area contributed by atoms with Crippen LogP contribution >= 0.6 is 11.3 Å². The molecular weight excluding hydrogens is 837 g/mol. The van der Waals surface area contributed by atoms with Gasteiger partial charge in [0.1, 0.15) is 29.5 Å². The van der Waals surface area contributed by atoms with E-state index in [1.54, 1.807) is 54.6 Å². The van der Waals surface area contributed by atoms with Crippen molar-refractivity contribution < 1.29 is 52.3 Å². The SMILES string of the molecule is C=CC(=O)OCCCCOCC(COc1ccc(C(=O)Oc2ccc(CCOC(=O)c3ccc(OC(C)(C)C)cc3)cc2/C=C(\CC)Nc2nc3ccccc3s2)cc1)OC(=O)C=C. The van der Waals surface area contributed by atoms with Crippen LogP contribution in [-0.2, 0) is 35.0 Å². The van der Waals surface area contributed by atoms with Crippen LogP contribution in [0.2, 0.25) is 0 Å². The standard InChI is InChI=1S/C50H54N2O11S/c1-7-38(51-49-52-42-14-10-11-15-44(42)64-49)31-37-30-34(26-29-59-47(55)35-19-23-40(24-20-35)63-50(4,5)6)16-25-43(37)62-48(56)36-17-21-39(22-18-36)60-33-41(61-46(54)9-3)32-57-27-12-13-28-58-45(53)8-2/h8-11,14-25,30-31,41H,2-3,7,12-13,26-29,32-33H2,1,4-6H3,(H,51,52)/b38-31+. The summed E-state index contributed by atoms with van der Waals surface area (Å²) in [5, 5.41) is 4.17. The van der Waals surface area contributed by atoms with Crippen molar-refractivity contribution in [1.29, 1.82) is 0 Å². The molecule has 0 fully saturated rings. The maximum atomic E-state index is 13.6. The van der Waals surface area contributed by atoms with E-state index in [9.17, 15) is 19.2 Å². The number of carbonyl (C=O) groups excluding carboxylic acids is 4. The molecule has 5 aromatic rings. The molecule has 5 rings (SSSR count). The third-order valence-electron chi connectivity index (χ3n) is 9.06. The number of rotatable bonds is 24. The van der Waals surface area contributed by atoms with Gasteiger partial charge in [0, 0.05) is 36.4 Å². The highest BCUT2D eigenvalue weighted by atomic mass is 32.1. The van der Waals surface area contributed by atoms with Gasteiger partial charge in [-0.1, -0.05) is 49.6 Å². The molecule has 64 heavy (non-hydrogen) atoms. The van der Waals surface area contributed by atoms with Gasteiger partial charge in [-0.3, -0.25) is 0 Å². The van der Waals surface area contributed by atoms with Crippen LogP contribution in [0.3, 0.4) is 0 Å². The normalized spacial score (nSPS) is 11.8. The van der Waals surface area contributed by atoms with E-state index in [0.717, 1.165) is 38.8 Å². The summed E-state index contributed by atoms with van der Waals surface area (Å²) >= 11 is 1.54. The number of carbonyl (C=O) groups is 4. The molecule has 13 nitrogen and oxygen atoms in total. The first kappa shape index (κ1) is 48.3. The molecule has 1 unspecified atom stereocenters. The average Bonchev–Trinajstić information content (AvgIpc) is 3.70. The smallest absolute Gasteiger partial charge is 0.343 e. The lowest BCUT2D eigenvalue weighted by atomic mass is 10.1. The average molecular weight is 891 g/mol. The molecule has 1 aromatic heterocycles. The lowest BCUT2D eigenvalue weighted by molar-refractivity contribution is -0.148. The second kappa shape index (κ2) is 24.2. The fourth-order valence-corrected chi connectivity index (χ4v) is 6.81. The van der Waals surface area contributed by atoms with Crippen LogP contribution in [0.25, 0.3) is 16.3 Å². The fraction of sp³-hybridized carbons (Fsp3) is 0.300. The summed E-state index contributed by atoms with van der Waals surface area (Å²) in [6.45, 7) is 15.5. The Morgan fingerprint density at radius 3 is 2.16 bits per heavy atom. The summed E-state index contributed by atoms with van der Waals surface area (Å²) in [6, 6.07) is 26.6. The van der Waals surface area contributed by atoms with Crippen molar-refractivity contribution in [1.82, 2.24) is 4.98 Å². The molecule has 0 aliphatic rings. The number of nitrogens with zero attached hydrogens (tertiary/aromatic N) is 1. The third-order valence-corrected chi connectivity index (χ3v) is 10.0. The maximum Gasteiger partial charge on any atom is 0.343 e. The Hall–Kier alpha value is -6.77. The van der Waals surface area contributed by atoms with Crippen molar-refractivity contribution in [3.8, 4) is 17.2 Å². The predicted octanol–water partition coefficient (Wildman–Crippen LogP) is 9.96. The van der Waals surface area contributed by atoms with Crippen LogP contribution in [-0.4, -0.2) is 73.6 Å². The van der Waals surface area contributed by atoms with Crippen LogP contribution in [0.5, 0.6) is 17.2 Å². The number of benzene rings is 4. The Bertz CT molecular complexity index is 2370. The minimum atomic E-state index is -0.737. The number of fused-ring (bicyclic) bond motifs is 1. The van der Waals surface area contributed by atoms with E-state index in [0.29, 0.717) is 60.7 Å². The zero-order chi connectivity index (χ0) is 45.9. The van der Waals surface area contributed by atoms with E-state index in [1.807, 2.05) is 70.2 Å². The second-order valence-corrected chi connectivity index (χ2v) is 16.3. The molecular formula is C50H54N2O11S. The summed E-state index contributed by atoms with van der Waals surface area (Å²) in [7, 11) is 0. The zero-order valence-corrected chi connectivity index (χ0v) is 37.4. The van der Waals surface area contributed by atoms with Crippen LogP contribution < -0.4 is 19.5 Å². The summed E-state index contributed by atoms with van der Waals surface area (Å²) < 4.78 is 40.4. The number of anilines is 1. The monoisotopic (exact) mass is 890 g/mol. The summed E-state index contributed by atoms with van der Waals surface area (Å²) in [6.07, 6.45) is 5.60. The van der Waals surface area contributed by atoms with Gasteiger partial charge in [-0.05, 0) is 124 Å². The minimum Gasteiger partial charge on any atom is -0.490 e. The first-order valence-corrected chi connectivity index (χ1v) is 21.7. The quantitative estimate of drug-likeness (QED) is 0.0205. The Morgan fingerprint density at radius 2 is 1.47 bits per heavy atom. The fourth-order valence-electron chi connectivity index (χ4n) is 5.91. The third kappa shape index (κ3) is 15.9. The predicted molar refractivity (Wildman–Crippen MR) is 247 cm³/mol. The number of unbranched alkanes of at least 4 members (excludes halogenated alkanes) is 1. The maximum absolute atomic E-state index is 13.6. The highest BCUT2D eigenvalue weighted by molar-refractivity contribution is 7.22. The van der Waals surface area contributed by atoms with Crippen LogP contribution in [0.4, 0.5) is 5.13 Å². The number of esters is 4. The van der Waals surface area contributed by atoms with Crippen molar-refractivity contribution in [3.05, 3.63) is 144 Å². The topological polar surface area (TPSA) is 158 Å². The number of para-hydroxylation sites is 1. The molecule has 4 aromatic carbocycles. The van der Waals surface area contributed by atoms with E-state index >= 15 is 0 Å². The zero-order valence-electron chi connectivity index (χ0n) is 36.6. The van der Waals surface area contributed by atoms with Crippen molar-refractivity contribution >= 4 is 56.6 Å². The van der Waals surface area contributed by atoms with E-state index < -0.39 is 30.0 Å². The molecule has 0 radical (unpaired) electrons. The molecule has 1 heterocycles. The first-order chi connectivity index (χ1) is 30.8. The van der Waals surface area contributed by atoms with Gasteiger partial charge in [0.25, 0.3) is 0 Å². The van der Waals surface area contributed by atoms with E-state index in [1.165, 1.54) is 11.3 Å². The highest BCUT2D eigenvalue weighted by Gasteiger charge is 2.18. The number of nitrogens with one attached hydrogen (secondary N) is 1. The molecule has 0 aliphatic heterocycles. The van der Waals surface area contributed by atoms with Crippen LogP contribution in [0.1, 0.15) is 78.8 Å². The molecule has 0 aliphatic carbocycles. The molecule has 14 heteroatoms. The first-order valence-electron chi connectivity index (χ1n) is 20.9. The Labute approximate surface area is 377 Å². The Balaban J connectivity index is 1.24. The number of hydrogen-bond acceptors (Lipinski definition) is 14. The molecule has 1 atom stereocenters. The lowest BCUT2D eigenvalue weighted by Crippen LogP contribution is -2.29. The number of thiazole rings is 1. The Morgan fingerprint density at radius 1 is 0.781 bits per heavy atom. The minimum absolute atomic E-state index is 0.0213. The summed E-state index contributed by atoms with van der Waals surface area (Å²) in [5.41, 5.74) is 3.55. The largest absolute Gasteiger partial charge is 0.490 e. The number of allylic oxidation sites excluding steroid dienone is 1. The molecule has 0 amide bonds. The van der Waals surface area contributed by atoms with Crippen LogP contribution in [0, 0.1) is 0 Å². The van der Waals surface area contributed by atoms with E-state index in [2.05, 4.69) is 18.5 Å². The molecule has 0 saturated heterocycles. The van der Waals surface area contributed by atoms with Gasteiger partial charge >= 0.3 is 23.9 Å². The number of ether oxygens (including phenoxy) is 7. The molecule has 1 N–H and O–H groups in total. The highest BCUT2D eigenvalue weighted by Crippen LogP contribution is 2.30. The van der Waals surface area contributed by atoms with Gasteiger partial charge in [-0.15, -0.1) is 0 Å². The molecule has 0 spiro atoms. The van der Waals surface area contributed by atoms with Crippen LogP contribution in [0.15, 0.2) is 122 Å². The second-order valence-electron chi connectivity index (χ2n) is 15.3. The van der Waals surface area contributed by atoms with Gasteiger partial charge in [-0.2, -0.15) is 0 Å². The molecule has 0 saturated carbocycles. The van der Waals surface area contributed by atoms with Gasteiger partial charge in [0.15, 0.2) is 11.2 Å². The van der Waals surface area contributed by atoms with Crippen molar-refractivity contribution in [2.75, 3.05) is 38.4 Å². The van der Waals surface area contributed by atoms with Gasteiger partial charge in [-0.25, -0.2) is 24.2 Å². The van der Waals surface area contributed by atoms with Crippen molar-refractivity contribution in [2.24, 2.45) is 0 Å². The molecule has 0 bridgehead atoms. The van der Waals surface area contributed by atoms with Crippen molar-refractivity contribution in [2.45, 2.75) is 65.1 Å².